The van der Waals surface area contributed by atoms with Gasteiger partial charge in [0.2, 0.25) is 0 Å². The maximum absolute atomic E-state index is 12.8. The van der Waals surface area contributed by atoms with Gasteiger partial charge in [0.25, 0.3) is 18.3 Å². The van der Waals surface area contributed by atoms with Gasteiger partial charge in [0.1, 0.15) is 12.4 Å². The number of rotatable bonds is 6. The third-order valence-corrected chi connectivity index (χ3v) is 7.82. The third kappa shape index (κ3) is 10.5. The van der Waals surface area contributed by atoms with Crippen LogP contribution < -0.4 is 5.32 Å². The van der Waals surface area contributed by atoms with Crippen LogP contribution in [0.1, 0.15) is 106 Å². The van der Waals surface area contributed by atoms with Gasteiger partial charge in [0, 0.05) is 17.7 Å². The lowest BCUT2D eigenvalue weighted by Crippen LogP contribution is -2.33. The van der Waals surface area contributed by atoms with Crippen LogP contribution >= 0.6 is 0 Å². The van der Waals surface area contributed by atoms with Crippen molar-refractivity contribution in [3.63, 3.8) is 0 Å². The van der Waals surface area contributed by atoms with Gasteiger partial charge in [-0.3, -0.25) is 19.4 Å². The first-order valence-electron chi connectivity index (χ1n) is 14.7. The quantitative estimate of drug-likeness (QED) is 0.334. The van der Waals surface area contributed by atoms with E-state index in [-0.39, 0.29) is 36.7 Å². The molecular weight excluding hydrogens is 559 g/mol. The lowest BCUT2D eigenvalue weighted by atomic mass is 9.72. The minimum atomic E-state index is -4.43. The fourth-order valence-electron chi connectivity index (χ4n) is 5.15. The highest BCUT2D eigenvalue weighted by molar-refractivity contribution is 6.46. The highest BCUT2D eigenvalue weighted by atomic mass is 19.4. The molecule has 1 aliphatic carbocycles. The van der Waals surface area contributed by atoms with E-state index in [1.54, 1.807) is 29.2 Å². The summed E-state index contributed by atoms with van der Waals surface area (Å²) in [5, 5.41) is 9.69. The molecule has 2 aliphatic rings. The smallest absolute Gasteiger partial charge is 0.416 e. The number of hydrogen-bond donors (Lipinski definition) is 2. The second kappa shape index (κ2) is 16.2. The molecule has 1 atom stereocenters. The van der Waals surface area contributed by atoms with Gasteiger partial charge in [-0.1, -0.05) is 71.2 Å². The number of nitrogens with one attached hydrogen (secondary N) is 1. The van der Waals surface area contributed by atoms with Gasteiger partial charge in [-0.25, -0.2) is 0 Å². The van der Waals surface area contributed by atoms with Crippen molar-refractivity contribution in [1.82, 2.24) is 10.2 Å². The summed E-state index contributed by atoms with van der Waals surface area (Å²) in [5.41, 5.74) is 1.66. The monoisotopic (exact) mass is 603 g/mol. The summed E-state index contributed by atoms with van der Waals surface area (Å²) in [5.74, 6) is 0.509. The van der Waals surface area contributed by atoms with Crippen LogP contribution in [0.5, 0.6) is 0 Å². The molecule has 2 N–H and O–H groups in total. The van der Waals surface area contributed by atoms with Crippen molar-refractivity contribution >= 4 is 24.0 Å². The van der Waals surface area contributed by atoms with E-state index in [1.165, 1.54) is 44.2 Å². The van der Waals surface area contributed by atoms with Crippen molar-refractivity contribution in [3.05, 3.63) is 70.8 Å². The minimum Gasteiger partial charge on any atom is -0.483 e. The van der Waals surface area contributed by atoms with Gasteiger partial charge in [-0.05, 0) is 67.3 Å². The zero-order chi connectivity index (χ0) is 32.2. The molecule has 10 heteroatoms. The Balaban J connectivity index is 0.000000413. The molecule has 2 amide bonds. The molecule has 1 saturated carbocycles. The zero-order valence-electron chi connectivity index (χ0n) is 25.7. The molecule has 0 radical (unpaired) electrons. The highest BCUT2D eigenvalue weighted by Crippen LogP contribution is 2.37. The third-order valence-electron chi connectivity index (χ3n) is 7.82. The topological polar surface area (TPSA) is 99.1 Å². The van der Waals surface area contributed by atoms with Gasteiger partial charge in [-0.15, -0.1) is 0 Å². The van der Waals surface area contributed by atoms with E-state index >= 15 is 0 Å². The van der Waals surface area contributed by atoms with Crippen LogP contribution in [0, 0.1) is 11.3 Å². The van der Waals surface area contributed by atoms with Crippen LogP contribution in [-0.4, -0.2) is 47.2 Å². The Morgan fingerprint density at radius 2 is 1.60 bits per heavy atom. The van der Waals surface area contributed by atoms with E-state index in [2.05, 4.69) is 31.1 Å². The average molecular weight is 604 g/mol. The first kappa shape index (κ1) is 35.5. The molecular formula is C33H44F3N3O4. The van der Waals surface area contributed by atoms with E-state index in [0.29, 0.717) is 23.1 Å². The summed E-state index contributed by atoms with van der Waals surface area (Å²) < 4.78 is 38.2. The zero-order valence-corrected chi connectivity index (χ0v) is 25.7. The minimum absolute atomic E-state index is 0.120. The van der Waals surface area contributed by atoms with Crippen LogP contribution in [0.25, 0.3) is 0 Å². The number of hydrogen-bond acceptors (Lipinski definition) is 4. The molecule has 2 aromatic rings. The molecule has 236 valence electrons. The maximum Gasteiger partial charge on any atom is 0.416 e. The van der Waals surface area contributed by atoms with E-state index in [4.69, 9.17) is 9.90 Å². The van der Waals surface area contributed by atoms with E-state index in [9.17, 15) is 22.8 Å². The molecule has 2 aromatic carbocycles. The van der Waals surface area contributed by atoms with Gasteiger partial charge in [0.05, 0.1) is 11.6 Å². The van der Waals surface area contributed by atoms with E-state index < -0.39 is 11.7 Å². The molecule has 0 spiro atoms. The number of aliphatic imine (C=N–C) groups is 1. The lowest BCUT2D eigenvalue weighted by molar-refractivity contribution is -0.137. The molecule has 0 saturated heterocycles. The maximum atomic E-state index is 12.8. The number of halogens is 3. The van der Waals surface area contributed by atoms with Gasteiger partial charge >= 0.3 is 6.18 Å². The van der Waals surface area contributed by atoms with Gasteiger partial charge < -0.3 is 15.3 Å². The summed E-state index contributed by atoms with van der Waals surface area (Å²) in [6, 6.07) is 11.1. The summed E-state index contributed by atoms with van der Waals surface area (Å²) in [7, 11) is 0. The molecule has 43 heavy (non-hydrogen) atoms. The Bertz CT molecular complexity index is 1210. The largest absolute Gasteiger partial charge is 0.483 e. The van der Waals surface area contributed by atoms with Gasteiger partial charge in [-0.2, -0.15) is 13.2 Å². The van der Waals surface area contributed by atoms with Gasteiger partial charge in [0.15, 0.2) is 0 Å². The summed E-state index contributed by atoms with van der Waals surface area (Å²) in [6.07, 6.45) is 3.79. The fourth-order valence-corrected chi connectivity index (χ4v) is 5.15. The number of carboxylic acid groups (broad SMARTS) is 1. The lowest BCUT2D eigenvalue weighted by Gasteiger charge is -2.33. The fraction of sp³-hybridized carbons (Fsp3) is 0.515. The standard InChI is InChI=1S/C22H22F3N3O2.C10H20.CH2O2/c1-3-12-26-20(29)17-6-4-15(5-7-17)14(2)28-13-27-19(21(28)30)16-8-10-18(11-9-16)22(23,24)25;1-10(2,3)9-7-5-4-6-8-9;2-1-3/h4-11,14H,3,12-13H2,1-2H3,(H,26,29);9H,4-8H2,1-3H3;1H,(H,2,3). The predicted octanol–water partition coefficient (Wildman–Crippen LogP) is 7.51. The van der Waals surface area contributed by atoms with Crippen molar-refractivity contribution in [3.8, 4) is 0 Å². The summed E-state index contributed by atoms with van der Waals surface area (Å²) >= 11 is 0. The Kier molecular flexibility index (Phi) is 13.4. The summed E-state index contributed by atoms with van der Waals surface area (Å²) in [4.78, 5) is 39.0. The molecule has 1 heterocycles. The van der Waals surface area contributed by atoms with Crippen molar-refractivity contribution in [2.45, 2.75) is 85.4 Å². The Labute approximate surface area is 252 Å². The van der Waals surface area contributed by atoms with Crippen LogP contribution in [0.3, 0.4) is 0 Å². The van der Waals surface area contributed by atoms with Crippen LogP contribution in [-0.2, 0) is 15.8 Å². The normalized spacial score (nSPS) is 16.2. The Morgan fingerprint density at radius 1 is 1.05 bits per heavy atom. The van der Waals surface area contributed by atoms with Crippen molar-refractivity contribution in [1.29, 1.82) is 0 Å². The summed E-state index contributed by atoms with van der Waals surface area (Å²) in [6.45, 7) is 11.4. The number of amides is 2. The van der Waals surface area contributed by atoms with Crippen LogP contribution in [0.4, 0.5) is 13.2 Å². The molecule has 7 nitrogen and oxygen atoms in total. The molecule has 0 aromatic heterocycles. The van der Waals surface area contributed by atoms with Crippen LogP contribution in [0.15, 0.2) is 53.5 Å². The molecule has 1 fully saturated rings. The van der Waals surface area contributed by atoms with Crippen molar-refractivity contribution in [2.24, 2.45) is 16.3 Å². The molecule has 0 bridgehead atoms. The van der Waals surface area contributed by atoms with E-state index in [0.717, 1.165) is 30.0 Å². The number of alkyl halides is 3. The number of carbonyl (C=O) groups is 3. The Hall–Kier alpha value is -3.69. The number of benzene rings is 2. The SMILES string of the molecule is CC(C)(C)C1CCCCC1.CCCNC(=O)c1ccc(C(C)N2CN=C(c3ccc(C(F)(F)F)cc3)C2=O)cc1.O=CO. The van der Waals surface area contributed by atoms with Crippen molar-refractivity contribution in [2.75, 3.05) is 13.2 Å². The number of nitrogens with zero attached hydrogens (tertiary/aromatic N) is 2. The predicted molar refractivity (Wildman–Crippen MR) is 162 cm³/mol. The second-order valence-electron chi connectivity index (χ2n) is 11.9. The highest BCUT2D eigenvalue weighted by Gasteiger charge is 2.33. The average Bonchev–Trinajstić information content (AvgIpc) is 3.37. The van der Waals surface area contributed by atoms with Crippen LogP contribution in [0.2, 0.25) is 0 Å². The first-order chi connectivity index (χ1) is 20.2. The van der Waals surface area contributed by atoms with Crippen molar-refractivity contribution < 1.29 is 32.7 Å². The molecule has 1 aliphatic heterocycles. The second-order valence-corrected chi connectivity index (χ2v) is 11.9. The number of carbonyl (C=O) groups excluding carboxylic acids is 2. The first-order valence-corrected chi connectivity index (χ1v) is 14.7. The molecule has 4 rings (SSSR count). The van der Waals surface area contributed by atoms with E-state index in [1.807, 2.05) is 13.8 Å². The molecule has 1 unspecified atom stereocenters. The Morgan fingerprint density at radius 3 is 2.07 bits per heavy atom.